The smallest absolute Gasteiger partial charge is 0.324 e. The van der Waals surface area contributed by atoms with Crippen molar-refractivity contribution >= 4 is 22.6 Å². The first-order chi connectivity index (χ1) is 9.99. The summed E-state index contributed by atoms with van der Waals surface area (Å²) in [6.45, 7) is 3.44. The summed E-state index contributed by atoms with van der Waals surface area (Å²) in [4.78, 5) is 27.7. The van der Waals surface area contributed by atoms with E-state index < -0.39 is 0 Å². The van der Waals surface area contributed by atoms with Crippen LogP contribution in [0.15, 0.2) is 29.1 Å². The molecule has 1 aliphatic heterocycles. The zero-order chi connectivity index (χ0) is 15.1. The Morgan fingerprint density at radius 3 is 2.57 bits per heavy atom. The maximum atomic E-state index is 12.3. The van der Waals surface area contributed by atoms with Gasteiger partial charge in [-0.25, -0.2) is 4.79 Å². The average molecular weight is 285 g/mol. The van der Waals surface area contributed by atoms with E-state index in [9.17, 15) is 9.59 Å². The second kappa shape index (κ2) is 4.91. The van der Waals surface area contributed by atoms with Crippen molar-refractivity contribution < 1.29 is 4.79 Å². The van der Waals surface area contributed by atoms with E-state index in [1.165, 1.54) is 0 Å². The first-order valence-electron chi connectivity index (χ1n) is 7.12. The zero-order valence-corrected chi connectivity index (χ0v) is 12.6. The number of nitrogens with zero attached hydrogens (tertiary/aromatic N) is 3. The lowest BCUT2D eigenvalue weighted by Gasteiger charge is -2.33. The van der Waals surface area contributed by atoms with Crippen LogP contribution in [0.5, 0.6) is 0 Å². The van der Waals surface area contributed by atoms with E-state index in [0.29, 0.717) is 6.54 Å². The van der Waals surface area contributed by atoms with Gasteiger partial charge >= 0.3 is 6.03 Å². The average Bonchev–Trinajstić information content (AvgIpc) is 2.47. The maximum Gasteiger partial charge on any atom is 0.324 e. The molecule has 2 heterocycles. The van der Waals surface area contributed by atoms with E-state index in [0.717, 1.165) is 35.1 Å². The molecule has 2 amide bonds. The van der Waals surface area contributed by atoms with E-state index in [4.69, 9.17) is 0 Å². The van der Waals surface area contributed by atoms with Crippen LogP contribution in [0, 0.1) is 6.92 Å². The highest BCUT2D eigenvalue weighted by Crippen LogP contribution is 2.25. The number of carbonyl (C=O) groups excluding carboxylic acids is 1. The number of anilines is 1. The van der Waals surface area contributed by atoms with Gasteiger partial charge in [0.05, 0.1) is 5.52 Å². The summed E-state index contributed by atoms with van der Waals surface area (Å²) < 4.78 is 1.63. The van der Waals surface area contributed by atoms with Gasteiger partial charge in [-0.15, -0.1) is 0 Å². The van der Waals surface area contributed by atoms with E-state index in [2.05, 4.69) is 0 Å². The third-order valence-corrected chi connectivity index (χ3v) is 4.18. The van der Waals surface area contributed by atoms with Crippen LogP contribution in [0.4, 0.5) is 10.5 Å². The molecule has 0 N–H and O–H groups in total. The zero-order valence-electron chi connectivity index (χ0n) is 12.6. The van der Waals surface area contributed by atoms with Crippen LogP contribution in [0.3, 0.4) is 0 Å². The normalized spacial score (nSPS) is 15.9. The van der Waals surface area contributed by atoms with Crippen LogP contribution in [0.2, 0.25) is 0 Å². The van der Waals surface area contributed by atoms with Crippen molar-refractivity contribution in [2.45, 2.75) is 13.3 Å². The van der Waals surface area contributed by atoms with Gasteiger partial charge in [0.2, 0.25) is 0 Å². The lowest BCUT2D eigenvalue weighted by molar-refractivity contribution is 0.207. The van der Waals surface area contributed by atoms with Crippen LogP contribution in [0.1, 0.15) is 12.0 Å². The highest BCUT2D eigenvalue weighted by molar-refractivity contribution is 5.95. The quantitative estimate of drug-likeness (QED) is 0.805. The monoisotopic (exact) mass is 285 g/mol. The van der Waals surface area contributed by atoms with Crippen molar-refractivity contribution in [1.29, 1.82) is 0 Å². The predicted octanol–water partition coefficient (Wildman–Crippen LogP) is 2.11. The van der Waals surface area contributed by atoms with Crippen LogP contribution in [0.25, 0.3) is 10.9 Å². The van der Waals surface area contributed by atoms with Gasteiger partial charge in [-0.1, -0.05) is 6.07 Å². The standard InChI is InChI=1S/C16H19N3O2/c1-11-9-15(20)18(3)14-10-12(5-6-13(11)14)19-8-4-7-17(2)16(19)21/h5-6,9-10H,4,7-8H2,1-3H3. The number of fused-ring (bicyclic) bond motifs is 1. The Morgan fingerprint density at radius 2 is 1.81 bits per heavy atom. The van der Waals surface area contributed by atoms with Crippen molar-refractivity contribution in [2.24, 2.45) is 7.05 Å². The second-order valence-electron chi connectivity index (χ2n) is 5.64. The molecule has 0 radical (unpaired) electrons. The highest BCUT2D eigenvalue weighted by Gasteiger charge is 2.24. The molecule has 0 saturated carbocycles. The minimum absolute atomic E-state index is 0.0123. The van der Waals surface area contributed by atoms with Gasteiger partial charge in [-0.05, 0) is 31.0 Å². The first-order valence-corrected chi connectivity index (χ1v) is 7.12. The fourth-order valence-corrected chi connectivity index (χ4v) is 2.88. The third-order valence-electron chi connectivity index (χ3n) is 4.18. The topological polar surface area (TPSA) is 45.6 Å². The van der Waals surface area contributed by atoms with Crippen LogP contribution in [-0.4, -0.2) is 35.6 Å². The van der Waals surface area contributed by atoms with Crippen molar-refractivity contribution in [1.82, 2.24) is 9.47 Å². The molecule has 0 spiro atoms. The highest BCUT2D eigenvalue weighted by atomic mass is 16.2. The number of amides is 2. The third kappa shape index (κ3) is 2.18. The molecule has 110 valence electrons. The van der Waals surface area contributed by atoms with E-state index in [-0.39, 0.29) is 11.6 Å². The summed E-state index contributed by atoms with van der Waals surface area (Å²) >= 11 is 0. The molecule has 0 aliphatic carbocycles. The largest absolute Gasteiger partial charge is 0.327 e. The van der Waals surface area contributed by atoms with E-state index in [1.807, 2.05) is 32.2 Å². The van der Waals surface area contributed by atoms with Gasteiger partial charge in [0.1, 0.15) is 0 Å². The van der Waals surface area contributed by atoms with Gasteiger partial charge in [0, 0.05) is 44.3 Å². The van der Waals surface area contributed by atoms with Gasteiger partial charge in [-0.3, -0.25) is 9.69 Å². The van der Waals surface area contributed by atoms with E-state index in [1.54, 1.807) is 27.5 Å². The summed E-state index contributed by atoms with van der Waals surface area (Å²) in [6, 6.07) is 7.53. The van der Waals surface area contributed by atoms with Gasteiger partial charge in [0.15, 0.2) is 0 Å². The number of urea groups is 1. The molecule has 21 heavy (non-hydrogen) atoms. The lowest BCUT2D eigenvalue weighted by Crippen LogP contribution is -2.47. The summed E-state index contributed by atoms with van der Waals surface area (Å²) in [5.74, 6) is 0. The Morgan fingerprint density at radius 1 is 1.05 bits per heavy atom. The molecule has 0 atom stereocenters. The number of pyridine rings is 1. The van der Waals surface area contributed by atoms with Crippen molar-refractivity contribution in [3.8, 4) is 0 Å². The Kier molecular flexibility index (Phi) is 3.20. The number of carbonyl (C=O) groups is 1. The molecule has 0 bridgehead atoms. The molecule has 1 saturated heterocycles. The number of hydrogen-bond donors (Lipinski definition) is 0. The second-order valence-corrected chi connectivity index (χ2v) is 5.64. The fourth-order valence-electron chi connectivity index (χ4n) is 2.88. The molecule has 2 aromatic rings. The molecule has 5 heteroatoms. The molecule has 3 rings (SSSR count). The number of benzene rings is 1. The number of aryl methyl sites for hydroxylation is 2. The van der Waals surface area contributed by atoms with Crippen LogP contribution >= 0.6 is 0 Å². The summed E-state index contributed by atoms with van der Waals surface area (Å²) in [7, 11) is 3.58. The van der Waals surface area contributed by atoms with Crippen LogP contribution in [-0.2, 0) is 7.05 Å². The molecular weight excluding hydrogens is 266 g/mol. The lowest BCUT2D eigenvalue weighted by atomic mass is 10.1. The molecule has 5 nitrogen and oxygen atoms in total. The summed E-state index contributed by atoms with van der Waals surface area (Å²) in [5.41, 5.74) is 2.64. The molecule has 1 aliphatic rings. The minimum atomic E-state index is -0.0285. The summed E-state index contributed by atoms with van der Waals surface area (Å²) in [5, 5.41) is 1.04. The fraction of sp³-hybridized carbons (Fsp3) is 0.375. The SMILES string of the molecule is Cc1cc(=O)n(C)c2cc(N3CCCN(C)C3=O)ccc12. The Balaban J connectivity index is 2.15. The first kappa shape index (κ1) is 13.7. The minimum Gasteiger partial charge on any atom is -0.327 e. The number of rotatable bonds is 1. The molecule has 1 aromatic carbocycles. The van der Waals surface area contributed by atoms with Crippen LogP contribution < -0.4 is 10.5 Å². The van der Waals surface area contributed by atoms with Gasteiger partial charge in [0.25, 0.3) is 5.56 Å². The molecule has 1 aromatic heterocycles. The summed E-state index contributed by atoms with van der Waals surface area (Å²) in [6.07, 6.45) is 0.951. The number of aromatic nitrogens is 1. The predicted molar refractivity (Wildman–Crippen MR) is 83.9 cm³/mol. The Labute approximate surface area is 123 Å². The number of hydrogen-bond acceptors (Lipinski definition) is 2. The van der Waals surface area contributed by atoms with Gasteiger partial charge < -0.3 is 9.47 Å². The Hall–Kier alpha value is -2.30. The van der Waals surface area contributed by atoms with Crippen molar-refractivity contribution in [2.75, 3.05) is 25.0 Å². The molecule has 0 unspecified atom stereocenters. The maximum absolute atomic E-state index is 12.3. The molecule has 1 fully saturated rings. The van der Waals surface area contributed by atoms with Crippen molar-refractivity contribution in [3.63, 3.8) is 0 Å². The molecular formula is C16H19N3O2. The Bertz CT molecular complexity index is 779. The van der Waals surface area contributed by atoms with Gasteiger partial charge in [-0.2, -0.15) is 0 Å². The van der Waals surface area contributed by atoms with Crippen molar-refractivity contribution in [3.05, 3.63) is 40.2 Å². The van der Waals surface area contributed by atoms with E-state index >= 15 is 0 Å².